The van der Waals surface area contributed by atoms with Crippen LogP contribution in [-0.4, -0.2) is 64.6 Å². The first-order valence-electron chi connectivity index (χ1n) is 10.1. The molecule has 4 aliphatic heterocycles. The summed E-state index contributed by atoms with van der Waals surface area (Å²) in [4.78, 5) is 25.8. The summed E-state index contributed by atoms with van der Waals surface area (Å²) in [6, 6.07) is 0. The molecule has 0 aromatic heterocycles. The molecule has 2 N–H and O–H groups in total. The average molecular weight is 394 g/mol. The van der Waals surface area contributed by atoms with E-state index in [1.807, 2.05) is 27.7 Å². The van der Waals surface area contributed by atoms with Gasteiger partial charge >= 0.3 is 11.9 Å². The average Bonchev–Trinajstić information content (AvgIpc) is 3.31. The van der Waals surface area contributed by atoms with E-state index in [0.717, 1.165) is 0 Å². The number of hydrogen-bond donors (Lipinski definition) is 2. The Morgan fingerprint density at radius 1 is 1.14 bits per heavy atom. The Bertz CT molecular complexity index is 820. The molecule has 4 saturated heterocycles. The highest BCUT2D eigenvalue weighted by Crippen LogP contribution is 2.84. The third-order valence-corrected chi connectivity index (χ3v) is 8.99. The number of ether oxygens (including phenoxy) is 4. The first-order chi connectivity index (χ1) is 13.0. The largest absolute Gasteiger partial charge is 0.459 e. The Kier molecular flexibility index (Phi) is 2.79. The maximum Gasteiger partial charge on any atom is 0.342 e. The normalized spacial score (nSPS) is 61.1. The summed E-state index contributed by atoms with van der Waals surface area (Å²) in [6.07, 6.45) is -2.93. The second-order valence-corrected chi connectivity index (χ2v) is 10.7. The van der Waals surface area contributed by atoms with Gasteiger partial charge in [-0.1, -0.05) is 27.7 Å². The van der Waals surface area contributed by atoms with Gasteiger partial charge in [-0.3, -0.25) is 0 Å². The van der Waals surface area contributed by atoms with Crippen LogP contribution in [0, 0.1) is 28.1 Å². The molecule has 154 valence electrons. The lowest BCUT2D eigenvalue weighted by Crippen LogP contribution is -2.66. The lowest BCUT2D eigenvalue weighted by Gasteiger charge is -2.46. The van der Waals surface area contributed by atoms with Gasteiger partial charge in [0.25, 0.3) is 0 Å². The van der Waals surface area contributed by atoms with Gasteiger partial charge in [-0.15, -0.1) is 0 Å². The molecule has 2 saturated carbocycles. The van der Waals surface area contributed by atoms with Crippen LogP contribution in [0.25, 0.3) is 0 Å². The van der Waals surface area contributed by atoms with E-state index >= 15 is 0 Å². The van der Waals surface area contributed by atoms with Crippen LogP contribution in [0.5, 0.6) is 0 Å². The molecule has 0 amide bonds. The van der Waals surface area contributed by atoms with Crippen LogP contribution in [0.1, 0.15) is 40.5 Å². The number of hydrogen-bond acceptors (Lipinski definition) is 8. The summed E-state index contributed by atoms with van der Waals surface area (Å²) >= 11 is 0. The Hall–Kier alpha value is -1.22. The van der Waals surface area contributed by atoms with Crippen molar-refractivity contribution in [3.63, 3.8) is 0 Å². The van der Waals surface area contributed by atoms with Gasteiger partial charge in [0.05, 0.1) is 23.5 Å². The van der Waals surface area contributed by atoms with Crippen molar-refractivity contribution in [3.05, 3.63) is 0 Å². The van der Waals surface area contributed by atoms with Crippen molar-refractivity contribution >= 4 is 11.9 Å². The summed E-state index contributed by atoms with van der Waals surface area (Å²) in [5.74, 6) is -1.92. The Balaban J connectivity index is 1.69. The van der Waals surface area contributed by atoms with Crippen LogP contribution < -0.4 is 0 Å². The molecule has 0 aromatic carbocycles. The molecule has 6 aliphatic rings. The van der Waals surface area contributed by atoms with Crippen molar-refractivity contribution in [2.24, 2.45) is 28.1 Å². The Morgan fingerprint density at radius 2 is 1.86 bits per heavy atom. The van der Waals surface area contributed by atoms with Crippen molar-refractivity contribution in [1.29, 1.82) is 0 Å². The van der Waals surface area contributed by atoms with Crippen LogP contribution in [0.3, 0.4) is 0 Å². The van der Waals surface area contributed by atoms with Gasteiger partial charge < -0.3 is 29.2 Å². The van der Waals surface area contributed by atoms with Crippen molar-refractivity contribution in [2.45, 2.75) is 76.3 Å². The zero-order chi connectivity index (χ0) is 20.1. The first kappa shape index (κ1) is 17.6. The molecule has 2 spiro atoms. The van der Waals surface area contributed by atoms with Gasteiger partial charge in [0.1, 0.15) is 11.7 Å². The van der Waals surface area contributed by atoms with Crippen LogP contribution >= 0.6 is 0 Å². The first-order valence-corrected chi connectivity index (χ1v) is 10.1. The lowest BCUT2D eigenvalue weighted by molar-refractivity contribution is -0.238. The molecule has 2 aliphatic carbocycles. The smallest absolute Gasteiger partial charge is 0.342 e. The molecule has 0 bridgehead atoms. The molecule has 1 unspecified atom stereocenters. The van der Waals surface area contributed by atoms with E-state index in [1.54, 1.807) is 0 Å². The third kappa shape index (κ3) is 1.28. The van der Waals surface area contributed by atoms with Crippen LogP contribution in [0.15, 0.2) is 0 Å². The van der Waals surface area contributed by atoms with Gasteiger partial charge in [0, 0.05) is 5.92 Å². The van der Waals surface area contributed by atoms with Crippen molar-refractivity contribution in [3.8, 4) is 0 Å². The highest BCUT2D eigenvalue weighted by Gasteiger charge is 3.00. The molecule has 10 atom stereocenters. The van der Waals surface area contributed by atoms with E-state index in [9.17, 15) is 19.8 Å². The van der Waals surface area contributed by atoms with Gasteiger partial charge in [-0.05, 0) is 24.2 Å². The predicted octanol–water partition coefficient (Wildman–Crippen LogP) is 0.133. The zero-order valence-electron chi connectivity index (χ0n) is 16.4. The van der Waals surface area contributed by atoms with Crippen molar-refractivity contribution in [2.75, 3.05) is 6.61 Å². The van der Waals surface area contributed by atoms with Crippen LogP contribution in [0.4, 0.5) is 0 Å². The minimum Gasteiger partial charge on any atom is -0.459 e. The molecule has 8 nitrogen and oxygen atoms in total. The van der Waals surface area contributed by atoms with E-state index in [4.69, 9.17) is 18.9 Å². The van der Waals surface area contributed by atoms with Crippen LogP contribution in [-0.2, 0) is 28.5 Å². The van der Waals surface area contributed by atoms with E-state index in [1.165, 1.54) is 0 Å². The summed E-state index contributed by atoms with van der Waals surface area (Å²) in [6.45, 7) is 8.27. The molecule has 4 heterocycles. The fraction of sp³-hybridized carbons (Fsp3) is 0.900. The van der Waals surface area contributed by atoms with E-state index in [-0.39, 0.29) is 17.3 Å². The van der Waals surface area contributed by atoms with Crippen molar-refractivity contribution in [1.82, 2.24) is 0 Å². The lowest BCUT2D eigenvalue weighted by atomic mass is 9.51. The van der Waals surface area contributed by atoms with E-state index in [0.29, 0.717) is 19.4 Å². The maximum atomic E-state index is 13.3. The molecular weight excluding hydrogens is 368 g/mol. The number of carbonyl (C=O) groups is 2. The Labute approximate surface area is 162 Å². The van der Waals surface area contributed by atoms with Gasteiger partial charge in [0.15, 0.2) is 6.10 Å². The van der Waals surface area contributed by atoms with Gasteiger partial charge in [-0.25, -0.2) is 9.59 Å². The number of aliphatic hydroxyl groups is 2. The molecular formula is C20H26O8. The summed E-state index contributed by atoms with van der Waals surface area (Å²) in [5.41, 5.74) is -5.83. The highest BCUT2D eigenvalue weighted by atomic mass is 16.8. The molecule has 0 aromatic rings. The second kappa shape index (κ2) is 4.43. The standard InChI is InChI=1S/C20H26O8/c1-8-7-25-11-6-17-10-5-9(16(2,3)4)18(17)12(21)13(22)27-15(18)28-20(17,14(23)26-10)19(8,11)24/h8-12,15,21,24H,5-7H2,1-4H3/t8-,9+,10-,11+,12?,15+,17-,18+,19-,20-/m1/s1. The predicted molar refractivity (Wildman–Crippen MR) is 90.5 cm³/mol. The quantitative estimate of drug-likeness (QED) is 0.558. The minimum absolute atomic E-state index is 0.204. The van der Waals surface area contributed by atoms with Crippen LogP contribution in [0.2, 0.25) is 0 Å². The fourth-order valence-corrected chi connectivity index (χ4v) is 8.16. The van der Waals surface area contributed by atoms with E-state index in [2.05, 4.69) is 0 Å². The molecule has 6 rings (SSSR count). The van der Waals surface area contributed by atoms with Gasteiger partial charge in [-0.2, -0.15) is 0 Å². The molecule has 0 radical (unpaired) electrons. The number of aliphatic hydroxyl groups excluding tert-OH is 1. The Morgan fingerprint density at radius 3 is 2.54 bits per heavy atom. The number of carbonyl (C=O) groups excluding carboxylic acids is 2. The number of fused-ring (bicyclic) bond motifs is 1. The SMILES string of the molecule is C[C@@H]1CO[C@H]2C[C@@]34[C@H]5C[C@@H](C(C)(C)C)[C@@]36C(O)C(=O)O[C@H]6O[C@@]4(C(=O)O5)[C@@]12O. The molecule has 28 heavy (non-hydrogen) atoms. The van der Waals surface area contributed by atoms with E-state index < -0.39 is 58.6 Å². The fourth-order valence-electron chi connectivity index (χ4n) is 8.16. The molecule has 6 fully saturated rings. The minimum atomic E-state index is -1.70. The maximum absolute atomic E-state index is 13.3. The number of rotatable bonds is 0. The summed E-state index contributed by atoms with van der Waals surface area (Å²) in [5, 5.41) is 23.1. The highest BCUT2D eigenvalue weighted by molar-refractivity contribution is 5.90. The topological polar surface area (TPSA) is 112 Å². The van der Waals surface area contributed by atoms with Gasteiger partial charge in [0.2, 0.25) is 11.9 Å². The number of esters is 2. The third-order valence-electron chi connectivity index (χ3n) is 8.99. The second-order valence-electron chi connectivity index (χ2n) is 10.7. The monoisotopic (exact) mass is 394 g/mol. The van der Waals surface area contributed by atoms with Crippen molar-refractivity contribution < 1.29 is 38.7 Å². The molecule has 8 heteroatoms. The summed E-state index contributed by atoms with van der Waals surface area (Å²) in [7, 11) is 0. The zero-order valence-corrected chi connectivity index (χ0v) is 16.4. The summed E-state index contributed by atoms with van der Waals surface area (Å²) < 4.78 is 23.6.